The van der Waals surface area contributed by atoms with Crippen LogP contribution in [-0.2, 0) is 16.1 Å². The summed E-state index contributed by atoms with van der Waals surface area (Å²) >= 11 is 5.34. The fourth-order valence-corrected chi connectivity index (χ4v) is 4.64. The van der Waals surface area contributed by atoms with Crippen LogP contribution in [0.1, 0.15) is 36.5 Å². The smallest absolute Gasteiger partial charge is 0.270 e. The molecule has 7 heteroatoms. The van der Waals surface area contributed by atoms with Crippen LogP contribution in [0.3, 0.4) is 0 Å². The maximum Gasteiger partial charge on any atom is 0.270 e. The molecule has 1 aliphatic heterocycles. The molecule has 1 N–H and O–H groups in total. The number of benzene rings is 3. The quantitative estimate of drug-likeness (QED) is 0.216. The van der Waals surface area contributed by atoms with Crippen molar-refractivity contribution in [2.45, 2.75) is 26.3 Å². The van der Waals surface area contributed by atoms with E-state index in [1.807, 2.05) is 59.3 Å². The van der Waals surface area contributed by atoms with Crippen molar-refractivity contribution in [1.82, 2.24) is 9.88 Å². The van der Waals surface area contributed by atoms with Crippen LogP contribution in [0.5, 0.6) is 0 Å². The van der Waals surface area contributed by atoms with Gasteiger partial charge in [-0.1, -0.05) is 56.3 Å². The van der Waals surface area contributed by atoms with E-state index >= 15 is 0 Å². The van der Waals surface area contributed by atoms with Gasteiger partial charge in [0.25, 0.3) is 11.8 Å². The van der Waals surface area contributed by atoms with Gasteiger partial charge in [-0.15, -0.1) is 0 Å². The van der Waals surface area contributed by atoms with Crippen LogP contribution in [0, 0.1) is 5.82 Å². The molecule has 1 saturated heterocycles. The second-order valence-electron chi connectivity index (χ2n) is 9.06. The van der Waals surface area contributed by atoms with Gasteiger partial charge in [0.15, 0.2) is 5.11 Å². The van der Waals surface area contributed by atoms with Crippen LogP contribution in [-0.4, -0.2) is 21.5 Å². The van der Waals surface area contributed by atoms with Crippen molar-refractivity contribution in [3.05, 3.63) is 107 Å². The Kier molecular flexibility index (Phi) is 6.24. The summed E-state index contributed by atoms with van der Waals surface area (Å²) in [4.78, 5) is 27.7. The Bertz CT molecular complexity index is 1520. The van der Waals surface area contributed by atoms with Gasteiger partial charge in [0.2, 0.25) is 0 Å². The summed E-state index contributed by atoms with van der Waals surface area (Å²) < 4.78 is 15.4. The van der Waals surface area contributed by atoms with E-state index < -0.39 is 11.8 Å². The van der Waals surface area contributed by atoms with Crippen LogP contribution >= 0.6 is 12.2 Å². The minimum absolute atomic E-state index is 0.00113. The van der Waals surface area contributed by atoms with Crippen molar-refractivity contribution < 1.29 is 14.0 Å². The number of carbonyl (C=O) groups excluding carboxylic acids is 2. The van der Waals surface area contributed by atoms with Crippen LogP contribution < -0.4 is 10.2 Å². The van der Waals surface area contributed by atoms with Crippen molar-refractivity contribution in [1.29, 1.82) is 0 Å². The van der Waals surface area contributed by atoms with Gasteiger partial charge in [-0.2, -0.15) is 0 Å². The van der Waals surface area contributed by atoms with Gasteiger partial charge in [-0.25, -0.2) is 4.39 Å². The van der Waals surface area contributed by atoms with Crippen molar-refractivity contribution in [2.24, 2.45) is 0 Å². The normalized spacial score (nSPS) is 15.3. The first-order chi connectivity index (χ1) is 17.3. The van der Waals surface area contributed by atoms with E-state index in [1.165, 1.54) is 17.0 Å². The molecule has 4 aromatic rings. The summed E-state index contributed by atoms with van der Waals surface area (Å²) in [7, 11) is 0. The molecule has 36 heavy (non-hydrogen) atoms. The van der Waals surface area contributed by atoms with E-state index in [0.29, 0.717) is 18.2 Å². The second-order valence-corrected chi connectivity index (χ2v) is 9.45. The summed E-state index contributed by atoms with van der Waals surface area (Å²) in [6.45, 7) is 4.71. The van der Waals surface area contributed by atoms with Crippen LogP contribution in [0.25, 0.3) is 17.0 Å². The number of nitrogens with one attached hydrogen (secondary N) is 1. The maximum absolute atomic E-state index is 13.5. The molecule has 0 spiro atoms. The lowest BCUT2D eigenvalue weighted by atomic mass is 10.0. The number of anilines is 1. The first-order valence-electron chi connectivity index (χ1n) is 11.7. The zero-order chi connectivity index (χ0) is 25.4. The van der Waals surface area contributed by atoms with E-state index in [4.69, 9.17) is 12.2 Å². The highest BCUT2D eigenvalue weighted by molar-refractivity contribution is 7.80. The van der Waals surface area contributed by atoms with Crippen LogP contribution in [0.2, 0.25) is 0 Å². The molecule has 0 saturated carbocycles. The number of halogens is 1. The topological polar surface area (TPSA) is 54.3 Å². The molecule has 2 amide bonds. The van der Waals surface area contributed by atoms with Crippen molar-refractivity contribution >= 4 is 51.8 Å². The van der Waals surface area contributed by atoms with Gasteiger partial charge in [0, 0.05) is 29.2 Å². The molecule has 0 atom stereocenters. The Morgan fingerprint density at radius 3 is 2.36 bits per heavy atom. The molecule has 0 bridgehead atoms. The van der Waals surface area contributed by atoms with Gasteiger partial charge >= 0.3 is 0 Å². The predicted molar refractivity (Wildman–Crippen MR) is 144 cm³/mol. The highest BCUT2D eigenvalue weighted by Crippen LogP contribution is 2.28. The van der Waals surface area contributed by atoms with Crippen LogP contribution in [0.4, 0.5) is 10.1 Å². The molecule has 5 nitrogen and oxygen atoms in total. The van der Waals surface area contributed by atoms with Gasteiger partial charge < -0.3 is 4.57 Å². The molecular weight excluding hydrogens is 473 g/mol. The third-order valence-electron chi connectivity index (χ3n) is 6.31. The van der Waals surface area contributed by atoms with Gasteiger partial charge in [-0.05, 0) is 65.7 Å². The molecule has 0 unspecified atom stereocenters. The fraction of sp³-hybridized carbons (Fsp3) is 0.138. The molecular formula is C29H24FN3O2S. The van der Waals surface area contributed by atoms with E-state index in [2.05, 4.69) is 19.2 Å². The third-order valence-corrected chi connectivity index (χ3v) is 6.59. The predicted octanol–water partition coefficient (Wildman–Crippen LogP) is 5.78. The van der Waals surface area contributed by atoms with Crippen LogP contribution in [0.15, 0.2) is 84.6 Å². The number of hydrogen-bond donors (Lipinski definition) is 1. The number of hydrogen-bond acceptors (Lipinski definition) is 3. The summed E-state index contributed by atoms with van der Waals surface area (Å²) in [5.41, 5.74) is 4.34. The molecule has 180 valence electrons. The Hall–Kier alpha value is -4.10. The molecule has 5 rings (SSSR count). The summed E-state index contributed by atoms with van der Waals surface area (Å²) in [6.07, 6.45) is 3.51. The number of fused-ring (bicyclic) bond motifs is 1. The molecule has 1 fully saturated rings. The number of para-hydroxylation sites is 1. The van der Waals surface area contributed by atoms with E-state index in [1.54, 1.807) is 18.2 Å². The summed E-state index contributed by atoms with van der Waals surface area (Å²) in [6, 6.07) is 21.7. The Labute approximate surface area is 213 Å². The maximum atomic E-state index is 13.5. The molecule has 1 aliphatic rings. The van der Waals surface area contributed by atoms with E-state index in [-0.39, 0.29) is 16.5 Å². The lowest BCUT2D eigenvalue weighted by Crippen LogP contribution is -2.54. The third kappa shape index (κ3) is 4.45. The van der Waals surface area contributed by atoms with Gasteiger partial charge in [-0.3, -0.25) is 19.8 Å². The first-order valence-corrected chi connectivity index (χ1v) is 12.1. The lowest BCUT2D eigenvalue weighted by Gasteiger charge is -2.29. The van der Waals surface area contributed by atoms with Crippen molar-refractivity contribution in [3.63, 3.8) is 0 Å². The number of carbonyl (C=O) groups is 2. The Morgan fingerprint density at radius 2 is 1.67 bits per heavy atom. The zero-order valence-corrected chi connectivity index (χ0v) is 20.7. The molecule has 3 aromatic carbocycles. The fourth-order valence-electron chi connectivity index (χ4n) is 4.36. The average molecular weight is 498 g/mol. The number of thiocarbonyl (C=S) groups is 1. The Balaban J connectivity index is 1.53. The minimum atomic E-state index is -0.532. The summed E-state index contributed by atoms with van der Waals surface area (Å²) in [5, 5.41) is 3.60. The van der Waals surface area contributed by atoms with E-state index in [0.717, 1.165) is 27.6 Å². The number of aromatic nitrogens is 1. The van der Waals surface area contributed by atoms with E-state index in [9.17, 15) is 14.0 Å². The van der Waals surface area contributed by atoms with Crippen molar-refractivity contribution in [2.75, 3.05) is 4.90 Å². The second kappa shape index (κ2) is 9.51. The van der Waals surface area contributed by atoms with Crippen molar-refractivity contribution in [3.8, 4) is 0 Å². The molecule has 1 aromatic heterocycles. The molecule has 0 aliphatic carbocycles. The number of rotatable bonds is 5. The standard InChI is InChI=1S/C29H24FN3O2S/c1-18(2)20-9-13-23(14-10-20)33-28(35)25(27(34)31-29(33)36)15-21-17-32(26-6-4-3-5-24(21)26)16-19-7-11-22(30)12-8-19/h3-15,17-18H,16H2,1-2H3,(H,31,34,36)/b25-15+. The number of amides is 2. The summed E-state index contributed by atoms with van der Waals surface area (Å²) in [5.74, 6) is -0.943. The highest BCUT2D eigenvalue weighted by atomic mass is 32.1. The molecule has 2 heterocycles. The highest BCUT2D eigenvalue weighted by Gasteiger charge is 2.34. The van der Waals surface area contributed by atoms with Gasteiger partial charge in [0.1, 0.15) is 11.4 Å². The monoisotopic (exact) mass is 497 g/mol. The minimum Gasteiger partial charge on any atom is -0.342 e. The lowest BCUT2D eigenvalue weighted by molar-refractivity contribution is -0.122. The Morgan fingerprint density at radius 1 is 0.972 bits per heavy atom. The zero-order valence-electron chi connectivity index (χ0n) is 19.9. The number of nitrogens with zero attached hydrogens (tertiary/aromatic N) is 2. The SMILES string of the molecule is CC(C)c1ccc(N2C(=O)/C(=C/c3cn(Cc4ccc(F)cc4)c4ccccc34)C(=O)NC2=S)cc1. The van der Waals surface area contributed by atoms with Gasteiger partial charge in [0.05, 0.1) is 5.69 Å². The average Bonchev–Trinajstić information content (AvgIpc) is 3.20. The first kappa shape index (κ1) is 23.6. The molecule has 0 radical (unpaired) electrons. The largest absolute Gasteiger partial charge is 0.342 e.